The van der Waals surface area contributed by atoms with E-state index in [0.29, 0.717) is 23.5 Å². The number of nitrogens with zero attached hydrogens (tertiary/aromatic N) is 4. The molecule has 4 rings (SSSR count). The van der Waals surface area contributed by atoms with Crippen LogP contribution in [0.5, 0.6) is 0 Å². The van der Waals surface area contributed by atoms with E-state index in [1.54, 1.807) is 18.2 Å². The minimum atomic E-state index is -0.979. The first kappa shape index (κ1) is 36.8. The Hall–Kier alpha value is -4.07. The van der Waals surface area contributed by atoms with E-state index in [1.807, 2.05) is 19.1 Å². The lowest BCUT2D eigenvalue weighted by Gasteiger charge is -2.29. The summed E-state index contributed by atoms with van der Waals surface area (Å²) < 4.78 is 22.3. The molecule has 2 atom stereocenters. The highest BCUT2D eigenvalue weighted by Gasteiger charge is 2.22. The van der Waals surface area contributed by atoms with E-state index < -0.39 is 5.97 Å². The Morgan fingerprint density at radius 1 is 1.12 bits per heavy atom. The number of carboxylic acid groups (broad SMARTS) is 1. The summed E-state index contributed by atoms with van der Waals surface area (Å²) in [6.45, 7) is 19.4. The number of hydrogen-bond acceptors (Lipinski definition) is 5. The molecule has 3 heterocycles. The van der Waals surface area contributed by atoms with Crippen LogP contribution in [-0.4, -0.2) is 63.2 Å². The Morgan fingerprint density at radius 2 is 1.88 bits per heavy atom. The second-order valence-corrected chi connectivity index (χ2v) is 13.2. The molecule has 0 amide bonds. The Kier molecular flexibility index (Phi) is 13.7. The van der Waals surface area contributed by atoms with Crippen molar-refractivity contribution in [2.75, 3.05) is 32.8 Å². The van der Waals surface area contributed by atoms with Crippen LogP contribution in [0.1, 0.15) is 108 Å². The van der Waals surface area contributed by atoms with Crippen LogP contribution in [0.2, 0.25) is 0 Å². The van der Waals surface area contributed by atoms with Crippen molar-refractivity contribution in [1.29, 1.82) is 0 Å². The van der Waals surface area contributed by atoms with E-state index >= 15 is 0 Å². The van der Waals surface area contributed by atoms with Crippen LogP contribution in [0.4, 0.5) is 4.39 Å². The molecule has 2 aliphatic rings. The highest BCUT2D eigenvalue weighted by molar-refractivity contribution is 5.93. The number of ether oxygens (including phenoxy) is 1. The summed E-state index contributed by atoms with van der Waals surface area (Å²) in [5.74, 6) is 0.887. The number of allylic oxidation sites excluding steroid dienone is 6. The van der Waals surface area contributed by atoms with E-state index in [2.05, 4.69) is 60.8 Å². The molecule has 2 unspecified atom stereocenters. The van der Waals surface area contributed by atoms with Crippen molar-refractivity contribution >= 4 is 22.6 Å². The highest BCUT2D eigenvalue weighted by atomic mass is 19.1. The Labute approximate surface area is 286 Å². The van der Waals surface area contributed by atoms with Crippen LogP contribution in [0, 0.1) is 5.92 Å². The first-order valence-electron chi connectivity index (χ1n) is 17.8. The molecule has 0 aliphatic carbocycles. The smallest absolute Gasteiger partial charge is 0.335 e. The van der Waals surface area contributed by atoms with Crippen molar-refractivity contribution in [3.63, 3.8) is 0 Å². The molecular weight excluding hydrogens is 603 g/mol. The number of likely N-dealkylation sites (tertiary alicyclic amines) is 2. The van der Waals surface area contributed by atoms with Gasteiger partial charge in [0.15, 0.2) is 0 Å². The van der Waals surface area contributed by atoms with E-state index in [9.17, 15) is 14.3 Å². The Morgan fingerprint density at radius 3 is 2.54 bits per heavy atom. The van der Waals surface area contributed by atoms with Crippen molar-refractivity contribution < 1.29 is 19.0 Å². The number of benzene rings is 1. The van der Waals surface area contributed by atoms with Crippen LogP contribution in [0.25, 0.3) is 16.6 Å². The lowest BCUT2D eigenvalue weighted by Crippen LogP contribution is -2.27. The Bertz CT molecular complexity index is 1570. The molecule has 260 valence electrons. The number of aromatic nitrogens is 2. The fourth-order valence-corrected chi connectivity index (χ4v) is 6.95. The van der Waals surface area contributed by atoms with Crippen LogP contribution in [0.3, 0.4) is 0 Å². The average molecular weight is 659 g/mol. The summed E-state index contributed by atoms with van der Waals surface area (Å²) in [5.41, 5.74) is 5.79. The monoisotopic (exact) mass is 658 g/mol. The molecule has 0 spiro atoms. The molecule has 48 heavy (non-hydrogen) atoms. The topological polar surface area (TPSA) is 70.8 Å². The molecule has 1 aromatic heterocycles. The minimum Gasteiger partial charge on any atom is -0.489 e. The number of rotatable bonds is 15. The molecule has 8 heteroatoms. The third kappa shape index (κ3) is 9.30. The van der Waals surface area contributed by atoms with E-state index in [1.165, 1.54) is 25.3 Å². The van der Waals surface area contributed by atoms with Gasteiger partial charge in [-0.25, -0.2) is 14.2 Å². The van der Waals surface area contributed by atoms with E-state index in [0.717, 1.165) is 92.2 Å². The quantitative estimate of drug-likeness (QED) is 0.152. The number of imidazole rings is 1. The van der Waals surface area contributed by atoms with Gasteiger partial charge in [0.1, 0.15) is 18.2 Å². The number of carboxylic acids is 1. The van der Waals surface area contributed by atoms with Gasteiger partial charge < -0.3 is 24.2 Å². The van der Waals surface area contributed by atoms with E-state index in [-0.39, 0.29) is 18.2 Å². The Balaban J connectivity index is 1.67. The SMILES string of the molecule is C=C(/C=C(COC(/C=C/F)=C/C=C(\C)c1nc2cc(C(=O)O)ccc2n1C(CC)CCC)\C(=C/C)N1CCCC(C)CC1)N1CCCC1. The van der Waals surface area contributed by atoms with Crippen LogP contribution in [-0.2, 0) is 4.74 Å². The van der Waals surface area contributed by atoms with Gasteiger partial charge in [-0.1, -0.05) is 45.9 Å². The summed E-state index contributed by atoms with van der Waals surface area (Å²) in [7, 11) is 0. The lowest BCUT2D eigenvalue weighted by atomic mass is 10.0. The average Bonchev–Trinajstić information content (AvgIpc) is 3.70. The largest absolute Gasteiger partial charge is 0.489 e. The lowest BCUT2D eigenvalue weighted by molar-refractivity contribution is 0.0697. The predicted octanol–water partition coefficient (Wildman–Crippen LogP) is 9.83. The summed E-state index contributed by atoms with van der Waals surface area (Å²) in [6, 6.07) is 5.33. The number of fused-ring (bicyclic) bond motifs is 1. The molecule has 2 saturated heterocycles. The zero-order valence-corrected chi connectivity index (χ0v) is 29.7. The van der Waals surface area contributed by atoms with Crippen molar-refractivity contribution in [2.24, 2.45) is 5.92 Å². The second-order valence-electron chi connectivity index (χ2n) is 13.2. The number of halogens is 1. The van der Waals surface area contributed by atoms with Crippen molar-refractivity contribution in [2.45, 2.75) is 92.0 Å². The van der Waals surface area contributed by atoms with Gasteiger partial charge in [0.2, 0.25) is 0 Å². The molecule has 0 saturated carbocycles. The summed E-state index contributed by atoms with van der Waals surface area (Å²) in [6.07, 6.45) is 18.6. The summed E-state index contributed by atoms with van der Waals surface area (Å²) >= 11 is 0. The summed E-state index contributed by atoms with van der Waals surface area (Å²) in [4.78, 5) is 21.4. The highest BCUT2D eigenvalue weighted by Crippen LogP contribution is 2.31. The van der Waals surface area contributed by atoms with Gasteiger partial charge in [-0.3, -0.25) is 0 Å². The zero-order chi connectivity index (χ0) is 34.6. The third-order valence-electron chi connectivity index (χ3n) is 9.68. The van der Waals surface area contributed by atoms with Crippen LogP contribution >= 0.6 is 0 Å². The molecule has 2 aromatic rings. The van der Waals surface area contributed by atoms with E-state index in [4.69, 9.17) is 9.72 Å². The molecule has 1 aromatic carbocycles. The third-order valence-corrected chi connectivity index (χ3v) is 9.68. The molecule has 2 aliphatic heterocycles. The first-order valence-corrected chi connectivity index (χ1v) is 17.8. The minimum absolute atomic E-state index is 0.206. The van der Waals surface area contributed by atoms with Crippen molar-refractivity contribution in [3.05, 3.63) is 95.6 Å². The van der Waals surface area contributed by atoms with Gasteiger partial charge in [-0.15, -0.1) is 0 Å². The van der Waals surface area contributed by atoms with Gasteiger partial charge in [-0.2, -0.15) is 0 Å². The summed E-state index contributed by atoms with van der Waals surface area (Å²) in [5, 5.41) is 9.58. The molecule has 2 fully saturated rings. The molecule has 7 nitrogen and oxygen atoms in total. The predicted molar refractivity (Wildman–Crippen MR) is 195 cm³/mol. The molecular formula is C40H55FN4O3. The van der Waals surface area contributed by atoms with Gasteiger partial charge in [-0.05, 0) is 101 Å². The molecule has 0 radical (unpaired) electrons. The van der Waals surface area contributed by atoms with Crippen LogP contribution < -0.4 is 0 Å². The second kappa shape index (κ2) is 17.9. The molecule has 1 N–H and O–H groups in total. The first-order chi connectivity index (χ1) is 23.2. The maximum atomic E-state index is 13.7. The number of aromatic carboxylic acids is 1. The van der Waals surface area contributed by atoms with Gasteiger partial charge >= 0.3 is 5.97 Å². The number of hydrogen-bond donors (Lipinski definition) is 1. The zero-order valence-electron chi connectivity index (χ0n) is 29.7. The number of carbonyl (C=O) groups is 1. The standard InChI is InChI=1S/C40H55FN4O3/c1-7-13-34(8-2)45-38-18-16-32(40(46)47)27-36(38)42-39(45)30(5)15-17-35(19-21-41)48-28-33(26-31(6)43-22-10-11-23-43)37(9-3)44-24-12-14-29(4)20-25-44/h9,15-19,21,26-27,29,34H,6-8,10-14,20,22-25,28H2,1-5H3,(H,46,47)/b21-19+,30-15+,33-26-,35-17+,37-9+. The van der Waals surface area contributed by atoms with Crippen molar-refractivity contribution in [3.8, 4) is 0 Å². The van der Waals surface area contributed by atoms with Crippen LogP contribution in [0.15, 0.2) is 84.2 Å². The fourth-order valence-electron chi connectivity index (χ4n) is 6.95. The van der Waals surface area contributed by atoms with Gasteiger partial charge in [0.05, 0.1) is 22.9 Å². The maximum absolute atomic E-state index is 13.7. The maximum Gasteiger partial charge on any atom is 0.335 e. The fraction of sp³-hybridized carbons (Fsp3) is 0.500. The van der Waals surface area contributed by atoms with Gasteiger partial charge in [0, 0.05) is 55.3 Å². The normalized spacial score (nSPS) is 19.3. The molecule has 0 bridgehead atoms. The van der Waals surface area contributed by atoms with Gasteiger partial charge in [0.25, 0.3) is 0 Å². The van der Waals surface area contributed by atoms with Crippen molar-refractivity contribution in [1.82, 2.24) is 19.4 Å².